The van der Waals surface area contributed by atoms with E-state index < -0.39 is 86.1 Å². The normalized spacial score (nSPS) is 17.8. The molecule has 2 aromatic rings. The number of thiazole rings is 1. The minimum Gasteiger partial charge on any atom is -0.492 e. The van der Waals surface area contributed by atoms with Gasteiger partial charge in [-0.3, -0.25) is 18.9 Å². The molecule has 0 bridgehead atoms. The molecule has 1 aliphatic heterocycles. The van der Waals surface area contributed by atoms with Crippen LogP contribution >= 0.6 is 11.3 Å². The van der Waals surface area contributed by atoms with Crippen molar-refractivity contribution in [1.29, 1.82) is 0 Å². The van der Waals surface area contributed by atoms with Crippen molar-refractivity contribution in [1.82, 2.24) is 28.8 Å². The molecule has 3 heterocycles. The fourth-order valence-electron chi connectivity index (χ4n) is 3.31. The van der Waals surface area contributed by atoms with Crippen molar-refractivity contribution in [3.8, 4) is 5.88 Å². The van der Waals surface area contributed by atoms with Crippen molar-refractivity contribution < 1.29 is 56.0 Å². The fraction of sp³-hybridized carbons (Fsp3) is 0.368. The summed E-state index contributed by atoms with van der Waals surface area (Å²) >= 11 is 0.864. The molecule has 2 amide bonds. The number of aromatic hydroxyl groups is 1. The van der Waals surface area contributed by atoms with Crippen molar-refractivity contribution in [2.45, 2.75) is 38.1 Å². The number of nitrogens with two attached hydrogens (primary N) is 1. The van der Waals surface area contributed by atoms with Crippen LogP contribution in [0.2, 0.25) is 0 Å². The first-order valence-electron chi connectivity index (χ1n) is 11.4. The highest BCUT2D eigenvalue weighted by atomic mass is 32.2. The summed E-state index contributed by atoms with van der Waals surface area (Å²) in [4.78, 5) is 57.3. The average molecular weight is 669 g/mol. The van der Waals surface area contributed by atoms with Crippen LogP contribution in [0.5, 0.6) is 5.88 Å². The van der Waals surface area contributed by atoms with E-state index in [2.05, 4.69) is 15.5 Å². The molecule has 0 aromatic carbocycles. The van der Waals surface area contributed by atoms with Crippen molar-refractivity contribution in [2.24, 2.45) is 5.16 Å². The van der Waals surface area contributed by atoms with E-state index in [9.17, 15) is 56.0 Å². The highest BCUT2D eigenvalue weighted by Gasteiger charge is 2.54. The lowest BCUT2D eigenvalue weighted by atomic mass is 9.98. The third-order valence-corrected chi connectivity index (χ3v) is 8.25. The molecule has 1 fully saturated rings. The third kappa shape index (κ3) is 7.73. The van der Waals surface area contributed by atoms with Gasteiger partial charge in [0.2, 0.25) is 11.5 Å². The first-order valence-corrected chi connectivity index (χ1v) is 15.2. The molecule has 3 rings (SSSR count). The van der Waals surface area contributed by atoms with Crippen molar-refractivity contribution in [3.63, 3.8) is 0 Å². The number of pyridine rings is 1. The lowest BCUT2D eigenvalue weighted by Crippen LogP contribution is -2.74. The summed E-state index contributed by atoms with van der Waals surface area (Å²) in [6, 6.07) is -2.06. The van der Waals surface area contributed by atoms with E-state index in [-0.39, 0.29) is 25.6 Å². The minimum absolute atomic E-state index is 0.0334. The van der Waals surface area contributed by atoms with Crippen LogP contribution in [-0.2, 0) is 46.3 Å². The molecule has 9 N–H and O–H groups in total. The lowest BCUT2D eigenvalue weighted by molar-refractivity contribution is -0.161. The zero-order valence-electron chi connectivity index (χ0n) is 21.9. The third-order valence-electron chi connectivity index (χ3n) is 5.56. The Hall–Kier alpha value is -4.36. The second-order valence-corrected chi connectivity index (χ2v) is 12.8. The number of aliphatic carboxylic acids is 1. The van der Waals surface area contributed by atoms with Gasteiger partial charge in [-0.2, -0.15) is 26.3 Å². The highest BCUT2D eigenvalue weighted by molar-refractivity contribution is 7.87. The first kappa shape index (κ1) is 33.1. The van der Waals surface area contributed by atoms with Crippen LogP contribution in [-0.4, -0.2) is 98.6 Å². The molecule has 2 aromatic heterocycles. The Balaban J connectivity index is 1.81. The fourth-order valence-corrected chi connectivity index (χ4v) is 5.57. The average Bonchev–Trinajstić information content (AvgIpc) is 3.30. The summed E-state index contributed by atoms with van der Waals surface area (Å²) in [5, 5.41) is 35.3. The van der Waals surface area contributed by atoms with Crippen LogP contribution in [0.3, 0.4) is 0 Å². The second-order valence-electron chi connectivity index (χ2n) is 9.07. The second kappa shape index (κ2) is 12.1. The molecule has 1 saturated heterocycles. The number of nitrogen functional groups attached to an aromatic ring is 1. The summed E-state index contributed by atoms with van der Waals surface area (Å²) in [5.41, 5.74) is 1.60. The predicted molar refractivity (Wildman–Crippen MR) is 143 cm³/mol. The number of carboxylic acids is 1. The number of hydrogen-bond donors (Lipinski definition) is 8. The largest absolute Gasteiger partial charge is 0.492 e. The van der Waals surface area contributed by atoms with Gasteiger partial charge in [-0.15, -0.1) is 11.3 Å². The van der Waals surface area contributed by atoms with E-state index in [1.54, 1.807) is 0 Å². The zero-order valence-corrected chi connectivity index (χ0v) is 24.3. The Labute approximate surface area is 245 Å². The number of rotatable bonds is 13. The Bertz CT molecular complexity index is 1750. The molecule has 24 heteroatoms. The van der Waals surface area contributed by atoms with Gasteiger partial charge in [-0.25, -0.2) is 18.8 Å². The number of β-lactam (4-membered cyclic amide) rings is 1. The van der Waals surface area contributed by atoms with Crippen LogP contribution in [0.4, 0.5) is 5.13 Å². The summed E-state index contributed by atoms with van der Waals surface area (Å²) in [6.07, 6.45) is 0. The molecule has 43 heavy (non-hydrogen) atoms. The number of aromatic nitrogens is 2. The number of nitrogens with one attached hydrogen (secondary N) is 3. The van der Waals surface area contributed by atoms with Crippen LogP contribution in [0, 0.1) is 0 Å². The molecular formula is C19H24N8O13S3. The number of amides is 2. The number of hydrogen-bond acceptors (Lipinski definition) is 15. The van der Waals surface area contributed by atoms with E-state index in [4.69, 9.17) is 10.6 Å². The quantitative estimate of drug-likeness (QED) is 0.0338. The Kier molecular flexibility index (Phi) is 9.32. The SMILES string of the molecule is CC(C)(ON=C(C(=O)N[C@@H]1C(=O)N(S(=O)(=O)O)[C@@H]1CNS(=O)(=O)NCc1cc(=O)cc(O)n1O)c1csc(N)n1)C(=O)O. The van der Waals surface area contributed by atoms with Gasteiger partial charge in [0.05, 0.1) is 18.3 Å². The van der Waals surface area contributed by atoms with E-state index in [1.807, 2.05) is 9.44 Å². The van der Waals surface area contributed by atoms with Crippen LogP contribution in [0.1, 0.15) is 25.2 Å². The van der Waals surface area contributed by atoms with Crippen LogP contribution < -0.4 is 25.9 Å². The maximum Gasteiger partial charge on any atom is 0.362 e. The van der Waals surface area contributed by atoms with E-state index in [0.717, 1.165) is 31.3 Å². The van der Waals surface area contributed by atoms with Gasteiger partial charge in [0, 0.05) is 24.1 Å². The Morgan fingerprint density at radius 2 is 1.86 bits per heavy atom. The molecule has 21 nitrogen and oxygen atoms in total. The van der Waals surface area contributed by atoms with Gasteiger partial charge in [-0.1, -0.05) is 5.16 Å². The number of oxime groups is 1. The van der Waals surface area contributed by atoms with Crippen molar-refractivity contribution in [2.75, 3.05) is 12.3 Å². The van der Waals surface area contributed by atoms with Gasteiger partial charge >= 0.3 is 16.3 Å². The summed E-state index contributed by atoms with van der Waals surface area (Å²) in [5.74, 6) is -4.96. The van der Waals surface area contributed by atoms with Gasteiger partial charge < -0.3 is 31.3 Å². The molecule has 0 saturated carbocycles. The molecule has 0 unspecified atom stereocenters. The minimum atomic E-state index is -5.25. The molecule has 0 aliphatic carbocycles. The van der Waals surface area contributed by atoms with Crippen molar-refractivity contribution >= 4 is 60.5 Å². The number of carboxylic acid groups (broad SMARTS) is 1. The lowest BCUT2D eigenvalue weighted by Gasteiger charge is -2.44. The summed E-state index contributed by atoms with van der Waals surface area (Å²) in [7, 11) is -9.83. The number of anilines is 1. The monoisotopic (exact) mass is 668 g/mol. The maximum absolute atomic E-state index is 13.1. The first-order chi connectivity index (χ1) is 19.7. The molecule has 236 valence electrons. The van der Waals surface area contributed by atoms with Gasteiger partial charge in [0.15, 0.2) is 16.3 Å². The smallest absolute Gasteiger partial charge is 0.362 e. The standard InChI is InChI=1S/C19H24N8O13S3/c1-19(2,17(32)33)40-25-13(10-7-41-18(20)23-10)15(30)24-14-11(27(16(14)31)43(37,38)39)6-22-42(35,36)21-5-8-3-9(28)4-12(29)26(8)34/h3-4,7,11,14,21-22,29,34H,5-6H2,1-2H3,(H2,20,23)(H,24,30)(H,32,33)(H,37,38,39)/t11-,14+/m1/s1. The van der Waals surface area contributed by atoms with Gasteiger partial charge in [0.1, 0.15) is 11.7 Å². The van der Waals surface area contributed by atoms with Crippen LogP contribution in [0.15, 0.2) is 27.5 Å². The molecule has 0 spiro atoms. The molecule has 2 atom stereocenters. The Morgan fingerprint density at radius 3 is 2.42 bits per heavy atom. The highest BCUT2D eigenvalue weighted by Crippen LogP contribution is 2.24. The van der Waals surface area contributed by atoms with E-state index >= 15 is 0 Å². The number of carbonyl (C=O) groups excluding carboxylic acids is 2. The Morgan fingerprint density at radius 1 is 1.21 bits per heavy atom. The number of carbonyl (C=O) groups is 3. The zero-order chi connectivity index (χ0) is 32.5. The number of nitrogens with zero attached hydrogens (tertiary/aromatic N) is 4. The van der Waals surface area contributed by atoms with Gasteiger partial charge in [-0.05, 0) is 13.8 Å². The summed E-state index contributed by atoms with van der Waals surface area (Å²) in [6.45, 7) is 0.556. The predicted octanol–water partition coefficient (Wildman–Crippen LogP) is -3.46. The van der Waals surface area contributed by atoms with Crippen molar-refractivity contribution in [3.05, 3.63) is 39.1 Å². The van der Waals surface area contributed by atoms with E-state index in [1.165, 1.54) is 5.38 Å². The summed E-state index contributed by atoms with van der Waals surface area (Å²) < 4.78 is 61.8. The molecule has 1 aliphatic rings. The van der Waals surface area contributed by atoms with Gasteiger partial charge in [0.25, 0.3) is 22.0 Å². The maximum atomic E-state index is 13.1. The topological polar surface area (TPSA) is 322 Å². The molecular weight excluding hydrogens is 644 g/mol. The molecule has 0 radical (unpaired) electrons. The van der Waals surface area contributed by atoms with E-state index in [0.29, 0.717) is 6.07 Å². The van der Waals surface area contributed by atoms with Crippen LogP contribution in [0.25, 0.3) is 0 Å².